The van der Waals surface area contributed by atoms with E-state index in [1.165, 1.54) is 38.9 Å². The molecule has 1 aromatic carbocycles. The summed E-state index contributed by atoms with van der Waals surface area (Å²) in [5.74, 6) is 0.927. The van der Waals surface area contributed by atoms with Gasteiger partial charge >= 0.3 is 0 Å². The van der Waals surface area contributed by atoms with Gasteiger partial charge in [-0.1, -0.05) is 12.1 Å². The number of nitro benzene ring substituents is 1. The van der Waals surface area contributed by atoms with Crippen molar-refractivity contribution >= 4 is 5.69 Å². The Balaban J connectivity index is 1.86. The highest BCUT2D eigenvalue weighted by Crippen LogP contribution is 2.36. The van der Waals surface area contributed by atoms with Crippen molar-refractivity contribution in [2.75, 3.05) is 19.6 Å². The van der Waals surface area contributed by atoms with Crippen LogP contribution in [0, 0.1) is 16.0 Å². The first-order chi connectivity index (χ1) is 8.69. The second-order valence-corrected chi connectivity index (χ2v) is 5.79. The molecular formula is C14H19N2O2+. The van der Waals surface area contributed by atoms with Gasteiger partial charge in [-0.15, -0.1) is 0 Å². The Hall–Kier alpha value is -1.42. The van der Waals surface area contributed by atoms with Crippen LogP contribution in [0.25, 0.3) is 0 Å². The van der Waals surface area contributed by atoms with Gasteiger partial charge in [-0.3, -0.25) is 10.1 Å². The van der Waals surface area contributed by atoms with Gasteiger partial charge in [0.1, 0.15) is 6.54 Å². The van der Waals surface area contributed by atoms with Crippen LogP contribution in [0.5, 0.6) is 0 Å². The molecule has 0 atom stereocenters. The highest BCUT2D eigenvalue weighted by atomic mass is 16.6. The average Bonchev–Trinajstić information content (AvgIpc) is 2.41. The third-order valence-electron chi connectivity index (χ3n) is 4.73. The summed E-state index contributed by atoms with van der Waals surface area (Å²) in [6.07, 6.45) is 3.92. The van der Waals surface area contributed by atoms with E-state index in [-0.39, 0.29) is 10.6 Å². The van der Waals surface area contributed by atoms with Crippen LogP contribution in [0.2, 0.25) is 0 Å². The van der Waals surface area contributed by atoms with E-state index in [4.69, 9.17) is 0 Å². The summed E-state index contributed by atoms with van der Waals surface area (Å²) in [6.45, 7) is 4.45. The van der Waals surface area contributed by atoms with E-state index in [1.807, 2.05) is 12.1 Å². The Morgan fingerprint density at radius 3 is 2.39 bits per heavy atom. The summed E-state index contributed by atoms with van der Waals surface area (Å²) in [5, 5.41) is 11.1. The van der Waals surface area contributed by atoms with Crippen LogP contribution in [0.3, 0.4) is 0 Å². The van der Waals surface area contributed by atoms with Gasteiger partial charge in [-0.25, -0.2) is 0 Å². The molecular weight excluding hydrogens is 228 g/mol. The second-order valence-electron chi connectivity index (χ2n) is 5.79. The minimum Gasteiger partial charge on any atom is -0.320 e. The molecule has 3 aliphatic rings. The summed E-state index contributed by atoms with van der Waals surface area (Å²) >= 11 is 0. The van der Waals surface area contributed by atoms with E-state index in [0.29, 0.717) is 0 Å². The summed E-state index contributed by atoms with van der Waals surface area (Å²) < 4.78 is 1.07. The van der Waals surface area contributed by atoms with Gasteiger partial charge in [0.15, 0.2) is 0 Å². The standard InChI is InChI=1S/C14H19N2O2/c17-15(18)14-4-2-1-3-13(14)11-16-8-5-12(6-9-16)7-10-16/h1-4,12H,5-11H2/q+1. The lowest BCUT2D eigenvalue weighted by molar-refractivity contribution is -0.955. The lowest BCUT2D eigenvalue weighted by atomic mass is 9.85. The van der Waals surface area contributed by atoms with Crippen molar-refractivity contribution in [1.82, 2.24) is 0 Å². The van der Waals surface area contributed by atoms with Gasteiger partial charge in [0.2, 0.25) is 0 Å². The fourth-order valence-corrected chi connectivity index (χ4v) is 3.56. The molecule has 0 amide bonds. The maximum absolute atomic E-state index is 11.1. The number of fused-ring (bicyclic) bond motifs is 3. The highest BCUT2D eigenvalue weighted by Gasteiger charge is 2.40. The van der Waals surface area contributed by atoms with Gasteiger partial charge in [-0.05, 0) is 31.2 Å². The van der Waals surface area contributed by atoms with Crippen LogP contribution in [0.1, 0.15) is 24.8 Å². The van der Waals surface area contributed by atoms with Crippen LogP contribution < -0.4 is 0 Å². The number of benzene rings is 1. The first-order valence-corrected chi connectivity index (χ1v) is 6.76. The number of nitro groups is 1. The second kappa shape index (κ2) is 4.35. The summed E-state index contributed by atoms with van der Waals surface area (Å²) in [7, 11) is 0. The number of piperidine rings is 3. The molecule has 96 valence electrons. The average molecular weight is 247 g/mol. The molecule has 4 nitrogen and oxygen atoms in total. The first-order valence-electron chi connectivity index (χ1n) is 6.76. The molecule has 3 saturated heterocycles. The molecule has 18 heavy (non-hydrogen) atoms. The van der Waals surface area contributed by atoms with E-state index in [9.17, 15) is 10.1 Å². The van der Waals surface area contributed by atoms with E-state index >= 15 is 0 Å². The zero-order valence-electron chi connectivity index (χ0n) is 10.5. The van der Waals surface area contributed by atoms with Crippen LogP contribution in [-0.2, 0) is 6.54 Å². The molecule has 0 aromatic heterocycles. The van der Waals surface area contributed by atoms with Crippen LogP contribution >= 0.6 is 0 Å². The molecule has 2 bridgehead atoms. The van der Waals surface area contributed by atoms with Crippen molar-refractivity contribution in [2.45, 2.75) is 25.8 Å². The molecule has 3 aliphatic heterocycles. The molecule has 0 unspecified atom stereocenters. The minimum absolute atomic E-state index is 0.246. The van der Waals surface area contributed by atoms with Crippen molar-refractivity contribution in [3.8, 4) is 0 Å². The van der Waals surface area contributed by atoms with E-state index in [0.717, 1.165) is 22.5 Å². The van der Waals surface area contributed by atoms with Crippen LogP contribution in [0.15, 0.2) is 24.3 Å². The largest absolute Gasteiger partial charge is 0.320 e. The van der Waals surface area contributed by atoms with Gasteiger partial charge in [-0.2, -0.15) is 0 Å². The van der Waals surface area contributed by atoms with E-state index in [2.05, 4.69) is 0 Å². The fraction of sp³-hybridized carbons (Fsp3) is 0.571. The Kier molecular flexibility index (Phi) is 2.82. The zero-order valence-corrected chi connectivity index (χ0v) is 10.5. The maximum Gasteiger partial charge on any atom is 0.278 e. The quantitative estimate of drug-likeness (QED) is 0.468. The fourth-order valence-electron chi connectivity index (χ4n) is 3.56. The maximum atomic E-state index is 11.1. The Morgan fingerprint density at radius 2 is 1.78 bits per heavy atom. The van der Waals surface area contributed by atoms with Crippen molar-refractivity contribution in [1.29, 1.82) is 0 Å². The predicted molar refractivity (Wildman–Crippen MR) is 69.0 cm³/mol. The third-order valence-corrected chi connectivity index (χ3v) is 4.73. The smallest absolute Gasteiger partial charge is 0.278 e. The van der Waals surface area contributed by atoms with Crippen molar-refractivity contribution in [2.24, 2.45) is 5.92 Å². The number of nitrogens with zero attached hydrogens (tertiary/aromatic N) is 2. The van der Waals surface area contributed by atoms with Crippen molar-refractivity contribution < 1.29 is 9.41 Å². The first kappa shape index (κ1) is 11.7. The van der Waals surface area contributed by atoms with E-state index in [1.54, 1.807) is 12.1 Å². The summed E-state index contributed by atoms with van der Waals surface area (Å²) in [6, 6.07) is 7.22. The molecule has 0 radical (unpaired) electrons. The number of hydrogen-bond acceptors (Lipinski definition) is 2. The normalized spacial score (nSPS) is 30.3. The number of quaternary nitrogens is 1. The Morgan fingerprint density at radius 1 is 1.17 bits per heavy atom. The summed E-state index contributed by atoms with van der Waals surface area (Å²) in [4.78, 5) is 10.8. The topological polar surface area (TPSA) is 43.1 Å². The van der Waals surface area contributed by atoms with Gasteiger partial charge in [0, 0.05) is 6.07 Å². The minimum atomic E-state index is -0.246. The van der Waals surface area contributed by atoms with Crippen LogP contribution in [0.4, 0.5) is 5.69 Å². The van der Waals surface area contributed by atoms with Crippen molar-refractivity contribution in [3.63, 3.8) is 0 Å². The third kappa shape index (κ3) is 2.01. The SMILES string of the molecule is O=[N+]([O-])c1ccccc1C[N+]12CCC(CC1)CC2. The molecule has 3 heterocycles. The molecule has 4 rings (SSSR count). The number of rotatable bonds is 3. The molecule has 0 aliphatic carbocycles. The molecule has 0 saturated carbocycles. The zero-order chi connectivity index (χ0) is 12.6. The Labute approximate surface area is 107 Å². The molecule has 4 heteroatoms. The molecule has 3 fully saturated rings. The number of hydrogen-bond donors (Lipinski definition) is 0. The van der Waals surface area contributed by atoms with Crippen LogP contribution in [-0.4, -0.2) is 29.0 Å². The predicted octanol–water partition coefficient (Wildman–Crippen LogP) is 2.73. The lowest BCUT2D eigenvalue weighted by Crippen LogP contribution is -2.57. The highest BCUT2D eigenvalue weighted by molar-refractivity contribution is 5.39. The summed E-state index contributed by atoms with van der Waals surface area (Å²) in [5.41, 5.74) is 1.19. The molecule has 1 aromatic rings. The van der Waals surface area contributed by atoms with Gasteiger partial charge < -0.3 is 4.48 Å². The van der Waals surface area contributed by atoms with Gasteiger partial charge in [0.05, 0.1) is 30.1 Å². The van der Waals surface area contributed by atoms with Gasteiger partial charge in [0.25, 0.3) is 5.69 Å². The Bertz CT molecular complexity index is 451. The molecule has 0 spiro atoms. The lowest BCUT2D eigenvalue weighted by Gasteiger charge is -2.49. The monoisotopic (exact) mass is 247 g/mol. The molecule has 0 N–H and O–H groups in total. The van der Waals surface area contributed by atoms with E-state index < -0.39 is 0 Å². The van der Waals surface area contributed by atoms with Crippen molar-refractivity contribution in [3.05, 3.63) is 39.9 Å². The number of para-hydroxylation sites is 1.